The van der Waals surface area contributed by atoms with Crippen LogP contribution in [0.15, 0.2) is 41.4 Å². The topological polar surface area (TPSA) is 44.1 Å². The Bertz CT molecular complexity index is 434. The highest BCUT2D eigenvalue weighted by atomic mass is 79.9. The van der Waals surface area contributed by atoms with E-state index in [2.05, 4.69) is 22.5 Å². The molecule has 0 radical (unpaired) electrons. The van der Waals surface area contributed by atoms with Crippen LogP contribution in [-0.4, -0.2) is 17.4 Å². The van der Waals surface area contributed by atoms with Gasteiger partial charge in [-0.3, -0.25) is 4.79 Å². The first kappa shape index (κ1) is 13.5. The molecule has 0 aliphatic rings. The van der Waals surface area contributed by atoms with Crippen molar-refractivity contribution in [1.29, 1.82) is 5.26 Å². The monoisotopic (exact) mass is 292 g/mol. The van der Waals surface area contributed by atoms with E-state index in [1.165, 1.54) is 4.90 Å². The van der Waals surface area contributed by atoms with Gasteiger partial charge in [0.05, 0.1) is 6.42 Å². The molecule has 0 saturated heterocycles. The van der Waals surface area contributed by atoms with E-state index in [9.17, 15) is 4.79 Å². The van der Waals surface area contributed by atoms with Gasteiger partial charge in [-0.15, -0.1) is 6.58 Å². The Hall–Kier alpha value is -1.60. The van der Waals surface area contributed by atoms with Crippen LogP contribution in [0.3, 0.4) is 0 Å². The minimum atomic E-state index is -0.184. The molecule has 0 aliphatic heterocycles. The minimum Gasteiger partial charge on any atom is -0.273 e. The summed E-state index contributed by atoms with van der Waals surface area (Å²) in [7, 11) is 0. The van der Waals surface area contributed by atoms with E-state index in [1.54, 1.807) is 6.08 Å². The van der Waals surface area contributed by atoms with Crippen molar-refractivity contribution in [2.24, 2.45) is 0 Å². The second-order valence-electron chi connectivity index (χ2n) is 3.53. The summed E-state index contributed by atoms with van der Waals surface area (Å²) < 4.78 is 0.970. The second kappa shape index (κ2) is 6.87. The van der Waals surface area contributed by atoms with E-state index in [0.717, 1.165) is 10.0 Å². The molecule has 4 heteroatoms. The van der Waals surface area contributed by atoms with Gasteiger partial charge in [-0.25, -0.2) is 4.90 Å². The lowest BCUT2D eigenvalue weighted by Crippen LogP contribution is -2.28. The number of amides is 1. The molecule has 0 aliphatic carbocycles. The first-order chi connectivity index (χ1) is 8.17. The largest absolute Gasteiger partial charge is 0.273 e. The van der Waals surface area contributed by atoms with Crippen molar-refractivity contribution in [2.45, 2.75) is 12.8 Å². The number of benzene rings is 1. The Morgan fingerprint density at radius 1 is 1.47 bits per heavy atom. The summed E-state index contributed by atoms with van der Waals surface area (Å²) in [5.74, 6) is -0.184. The Labute approximate surface area is 109 Å². The molecule has 1 aromatic rings. The first-order valence-electron chi connectivity index (χ1n) is 5.23. The van der Waals surface area contributed by atoms with Gasteiger partial charge in [-0.05, 0) is 24.1 Å². The number of nitrogens with zero attached hydrogens (tertiary/aromatic N) is 2. The number of nitriles is 1. The zero-order valence-corrected chi connectivity index (χ0v) is 11.0. The molecule has 0 unspecified atom stereocenters. The fourth-order valence-electron chi connectivity index (χ4n) is 1.32. The summed E-state index contributed by atoms with van der Waals surface area (Å²) in [6.45, 7) is 3.97. The molecule has 0 atom stereocenters. The Morgan fingerprint density at radius 3 is 2.65 bits per heavy atom. The molecule has 88 valence electrons. The summed E-state index contributed by atoms with van der Waals surface area (Å²) in [5, 5.41) is 8.86. The van der Waals surface area contributed by atoms with Crippen molar-refractivity contribution in [2.75, 3.05) is 6.54 Å². The van der Waals surface area contributed by atoms with Crippen LogP contribution < -0.4 is 0 Å². The predicted octanol–water partition coefficient (Wildman–Crippen LogP) is 2.88. The van der Waals surface area contributed by atoms with Gasteiger partial charge in [0.15, 0.2) is 6.19 Å². The molecule has 1 amide bonds. The molecule has 0 N–H and O–H groups in total. The maximum atomic E-state index is 11.8. The number of carbonyl (C=O) groups excluding carboxylic acids is 1. The predicted molar refractivity (Wildman–Crippen MR) is 70.0 cm³/mol. The Balaban J connectivity index is 2.61. The van der Waals surface area contributed by atoms with Crippen LogP contribution in [0.4, 0.5) is 0 Å². The van der Waals surface area contributed by atoms with Crippen LogP contribution in [-0.2, 0) is 11.2 Å². The molecule has 3 nitrogen and oxygen atoms in total. The van der Waals surface area contributed by atoms with E-state index in [4.69, 9.17) is 5.26 Å². The number of rotatable bonds is 5. The number of halogens is 1. The fraction of sp³-hybridized carbons (Fsp3) is 0.231. The maximum Gasteiger partial charge on any atom is 0.240 e. The van der Waals surface area contributed by atoms with Gasteiger partial charge in [-0.2, -0.15) is 5.26 Å². The lowest BCUT2D eigenvalue weighted by molar-refractivity contribution is -0.127. The number of hydrogen-bond acceptors (Lipinski definition) is 2. The second-order valence-corrected chi connectivity index (χ2v) is 4.44. The normalized spacial score (nSPS) is 9.41. The number of carbonyl (C=O) groups is 1. The highest BCUT2D eigenvalue weighted by Gasteiger charge is 2.12. The summed E-state index contributed by atoms with van der Waals surface area (Å²) in [6.07, 6.45) is 4.46. The van der Waals surface area contributed by atoms with E-state index in [0.29, 0.717) is 13.0 Å². The molecule has 0 heterocycles. The van der Waals surface area contributed by atoms with Gasteiger partial charge in [0.25, 0.3) is 0 Å². The highest BCUT2D eigenvalue weighted by molar-refractivity contribution is 9.10. The van der Waals surface area contributed by atoms with Crippen molar-refractivity contribution in [3.63, 3.8) is 0 Å². The zero-order chi connectivity index (χ0) is 12.7. The van der Waals surface area contributed by atoms with Gasteiger partial charge in [-0.1, -0.05) is 34.1 Å². The van der Waals surface area contributed by atoms with Crippen molar-refractivity contribution in [3.8, 4) is 6.19 Å². The standard InChI is InChI=1S/C13H13BrN2O/c1-2-3-8-16(10-15)13(17)9-11-4-6-12(14)7-5-11/h2,4-7H,1,3,8-9H2. The third-order valence-electron chi connectivity index (χ3n) is 2.25. The van der Waals surface area contributed by atoms with Gasteiger partial charge >= 0.3 is 0 Å². The van der Waals surface area contributed by atoms with Crippen molar-refractivity contribution < 1.29 is 4.79 Å². The molecular weight excluding hydrogens is 280 g/mol. The van der Waals surface area contributed by atoms with E-state index >= 15 is 0 Å². The summed E-state index contributed by atoms with van der Waals surface area (Å²) in [5.41, 5.74) is 0.900. The van der Waals surface area contributed by atoms with E-state index in [1.807, 2.05) is 30.5 Å². The summed E-state index contributed by atoms with van der Waals surface area (Å²) in [4.78, 5) is 13.0. The summed E-state index contributed by atoms with van der Waals surface area (Å²) >= 11 is 3.33. The molecule has 0 aromatic heterocycles. The van der Waals surface area contributed by atoms with Crippen LogP contribution in [0.1, 0.15) is 12.0 Å². The molecule has 1 aromatic carbocycles. The molecule has 1 rings (SSSR count). The minimum absolute atomic E-state index is 0.184. The van der Waals surface area contributed by atoms with E-state index < -0.39 is 0 Å². The average Bonchev–Trinajstić information content (AvgIpc) is 2.33. The molecule has 0 spiro atoms. The highest BCUT2D eigenvalue weighted by Crippen LogP contribution is 2.11. The molecule has 17 heavy (non-hydrogen) atoms. The smallest absolute Gasteiger partial charge is 0.240 e. The van der Waals surface area contributed by atoms with Gasteiger partial charge in [0.1, 0.15) is 0 Å². The van der Waals surface area contributed by atoms with Crippen LogP contribution in [0.5, 0.6) is 0 Å². The van der Waals surface area contributed by atoms with Crippen LogP contribution in [0.25, 0.3) is 0 Å². The Kier molecular flexibility index (Phi) is 5.44. The Morgan fingerprint density at radius 2 is 2.12 bits per heavy atom. The molecule has 0 saturated carbocycles. The first-order valence-corrected chi connectivity index (χ1v) is 6.02. The zero-order valence-electron chi connectivity index (χ0n) is 9.40. The van der Waals surface area contributed by atoms with Gasteiger partial charge < -0.3 is 0 Å². The third-order valence-corrected chi connectivity index (χ3v) is 2.78. The number of hydrogen-bond donors (Lipinski definition) is 0. The SMILES string of the molecule is C=CCCN(C#N)C(=O)Cc1ccc(Br)cc1. The third kappa shape index (κ3) is 4.41. The van der Waals surface area contributed by atoms with E-state index in [-0.39, 0.29) is 12.3 Å². The van der Waals surface area contributed by atoms with Crippen LogP contribution in [0.2, 0.25) is 0 Å². The van der Waals surface area contributed by atoms with Crippen molar-refractivity contribution >= 4 is 21.8 Å². The van der Waals surface area contributed by atoms with Crippen LogP contribution >= 0.6 is 15.9 Å². The lowest BCUT2D eigenvalue weighted by Gasteiger charge is -2.12. The molecular formula is C13H13BrN2O. The quantitative estimate of drug-likeness (QED) is 0.476. The van der Waals surface area contributed by atoms with Crippen LogP contribution in [0, 0.1) is 11.5 Å². The summed E-state index contributed by atoms with van der Waals surface area (Å²) in [6, 6.07) is 7.49. The maximum absolute atomic E-state index is 11.8. The average molecular weight is 293 g/mol. The van der Waals surface area contributed by atoms with Crippen molar-refractivity contribution in [1.82, 2.24) is 4.90 Å². The van der Waals surface area contributed by atoms with Crippen molar-refractivity contribution in [3.05, 3.63) is 47.0 Å². The van der Waals surface area contributed by atoms with Gasteiger partial charge in [0, 0.05) is 11.0 Å². The fourth-order valence-corrected chi connectivity index (χ4v) is 1.59. The van der Waals surface area contributed by atoms with Gasteiger partial charge in [0.2, 0.25) is 5.91 Å². The molecule has 0 bridgehead atoms. The lowest BCUT2D eigenvalue weighted by atomic mass is 10.1. The molecule has 0 fully saturated rings.